The fraction of sp³-hybridized carbons (Fsp3) is 0.400. The molecule has 94 valence electrons. The van der Waals surface area contributed by atoms with Crippen molar-refractivity contribution in [2.75, 3.05) is 10.5 Å². The van der Waals surface area contributed by atoms with E-state index in [-0.39, 0.29) is 23.2 Å². The van der Waals surface area contributed by atoms with Crippen LogP contribution in [0.4, 0.5) is 5.82 Å². The third kappa shape index (κ3) is 4.39. The van der Waals surface area contributed by atoms with Crippen molar-refractivity contribution >= 4 is 21.8 Å². The van der Waals surface area contributed by atoms with Crippen molar-refractivity contribution < 1.29 is 18.3 Å². The molecule has 6 nitrogen and oxygen atoms in total. The topological polar surface area (TPSA) is 96.4 Å². The number of rotatable bonds is 5. The number of hydrogen-bond donors (Lipinski definition) is 2. The van der Waals surface area contributed by atoms with Gasteiger partial charge in [-0.2, -0.15) is 0 Å². The zero-order valence-corrected chi connectivity index (χ0v) is 10.4. The molecule has 1 heterocycles. The fourth-order valence-electron chi connectivity index (χ4n) is 1.25. The van der Waals surface area contributed by atoms with E-state index in [9.17, 15) is 13.2 Å². The molecule has 0 saturated carbocycles. The summed E-state index contributed by atoms with van der Waals surface area (Å²) in [6.07, 6.45) is 0. The predicted molar refractivity (Wildman–Crippen MR) is 63.4 cm³/mol. The van der Waals surface area contributed by atoms with Crippen LogP contribution in [0, 0.1) is 5.92 Å². The number of carboxylic acids is 1. The minimum Gasteiger partial charge on any atom is -0.477 e. The first-order valence-corrected chi connectivity index (χ1v) is 6.66. The lowest BCUT2D eigenvalue weighted by Crippen LogP contribution is -2.21. The van der Waals surface area contributed by atoms with Gasteiger partial charge in [0.05, 0.1) is 5.75 Å². The van der Waals surface area contributed by atoms with E-state index in [0.29, 0.717) is 0 Å². The molecule has 0 amide bonds. The summed E-state index contributed by atoms with van der Waals surface area (Å²) < 4.78 is 25.4. The minimum absolute atomic E-state index is 0.0184. The van der Waals surface area contributed by atoms with Crippen LogP contribution in [0.5, 0.6) is 0 Å². The minimum atomic E-state index is -3.48. The number of hydrogen-bond acceptors (Lipinski definition) is 4. The van der Waals surface area contributed by atoms with Gasteiger partial charge in [-0.15, -0.1) is 0 Å². The monoisotopic (exact) mass is 258 g/mol. The summed E-state index contributed by atoms with van der Waals surface area (Å²) in [7, 11) is -3.48. The van der Waals surface area contributed by atoms with Gasteiger partial charge < -0.3 is 5.11 Å². The van der Waals surface area contributed by atoms with Gasteiger partial charge in [0, 0.05) is 0 Å². The van der Waals surface area contributed by atoms with Crippen molar-refractivity contribution in [3.63, 3.8) is 0 Å². The maximum atomic E-state index is 11.6. The van der Waals surface area contributed by atoms with Crippen molar-refractivity contribution in [3.05, 3.63) is 23.9 Å². The number of anilines is 1. The SMILES string of the molecule is CC(C)CS(=O)(=O)Nc1cccc(C(=O)O)n1. The van der Waals surface area contributed by atoms with Gasteiger partial charge in [-0.3, -0.25) is 4.72 Å². The summed E-state index contributed by atoms with van der Waals surface area (Å²) in [6.45, 7) is 3.56. The third-order valence-electron chi connectivity index (χ3n) is 1.78. The fourth-order valence-corrected chi connectivity index (χ4v) is 2.64. The molecule has 0 spiro atoms. The molecule has 0 aliphatic rings. The lowest BCUT2D eigenvalue weighted by molar-refractivity contribution is 0.0690. The molecule has 7 heteroatoms. The van der Waals surface area contributed by atoms with Crippen LogP contribution in [0.25, 0.3) is 0 Å². The lowest BCUT2D eigenvalue weighted by atomic mass is 10.3. The maximum absolute atomic E-state index is 11.6. The Morgan fingerprint density at radius 1 is 1.47 bits per heavy atom. The molecule has 1 rings (SSSR count). The van der Waals surface area contributed by atoms with E-state index in [4.69, 9.17) is 5.11 Å². The summed E-state index contributed by atoms with van der Waals surface area (Å²) >= 11 is 0. The summed E-state index contributed by atoms with van der Waals surface area (Å²) in [5, 5.41) is 8.71. The Balaban J connectivity index is 2.89. The highest BCUT2D eigenvalue weighted by atomic mass is 32.2. The van der Waals surface area contributed by atoms with E-state index < -0.39 is 16.0 Å². The van der Waals surface area contributed by atoms with Gasteiger partial charge in [0.25, 0.3) is 0 Å². The summed E-state index contributed by atoms with van der Waals surface area (Å²) in [4.78, 5) is 14.3. The van der Waals surface area contributed by atoms with Crippen molar-refractivity contribution in [3.8, 4) is 0 Å². The number of aromatic carboxylic acids is 1. The average molecular weight is 258 g/mol. The van der Waals surface area contributed by atoms with E-state index in [1.165, 1.54) is 18.2 Å². The Kier molecular flexibility index (Phi) is 4.06. The molecule has 0 atom stereocenters. The molecule has 0 saturated heterocycles. The van der Waals surface area contributed by atoms with Crippen LogP contribution >= 0.6 is 0 Å². The maximum Gasteiger partial charge on any atom is 0.354 e. The van der Waals surface area contributed by atoms with E-state index >= 15 is 0 Å². The highest BCUT2D eigenvalue weighted by molar-refractivity contribution is 7.92. The molecular formula is C10H14N2O4S. The quantitative estimate of drug-likeness (QED) is 0.826. The molecule has 0 bridgehead atoms. The van der Waals surface area contributed by atoms with Gasteiger partial charge in [-0.05, 0) is 18.1 Å². The molecule has 0 aliphatic heterocycles. The van der Waals surface area contributed by atoms with E-state index in [1.807, 2.05) is 0 Å². The molecule has 17 heavy (non-hydrogen) atoms. The third-order valence-corrected chi connectivity index (χ3v) is 3.41. The highest BCUT2D eigenvalue weighted by Crippen LogP contribution is 2.09. The van der Waals surface area contributed by atoms with Crippen LogP contribution in [0.3, 0.4) is 0 Å². The van der Waals surface area contributed by atoms with Gasteiger partial charge in [0.15, 0.2) is 5.69 Å². The Bertz CT molecular complexity index is 511. The van der Waals surface area contributed by atoms with Crippen LogP contribution < -0.4 is 4.72 Å². The number of carbonyl (C=O) groups is 1. The molecule has 1 aromatic heterocycles. The molecule has 0 aliphatic carbocycles. The molecule has 0 radical (unpaired) electrons. The Morgan fingerprint density at radius 3 is 2.65 bits per heavy atom. The lowest BCUT2D eigenvalue weighted by Gasteiger charge is -2.09. The van der Waals surface area contributed by atoms with Crippen molar-refractivity contribution in [1.29, 1.82) is 0 Å². The van der Waals surface area contributed by atoms with Crippen LogP contribution in [0.15, 0.2) is 18.2 Å². The average Bonchev–Trinajstić information content (AvgIpc) is 2.14. The Hall–Kier alpha value is -1.63. The van der Waals surface area contributed by atoms with Crippen molar-refractivity contribution in [2.24, 2.45) is 5.92 Å². The molecule has 1 aromatic rings. The Labute approximate surface area is 99.7 Å². The summed E-state index contributed by atoms with van der Waals surface area (Å²) in [6, 6.07) is 4.14. The van der Waals surface area contributed by atoms with Crippen molar-refractivity contribution in [1.82, 2.24) is 4.98 Å². The number of nitrogens with one attached hydrogen (secondary N) is 1. The number of nitrogens with zero attached hydrogens (tertiary/aromatic N) is 1. The van der Waals surface area contributed by atoms with E-state index in [0.717, 1.165) is 0 Å². The summed E-state index contributed by atoms with van der Waals surface area (Å²) in [5.74, 6) is -1.23. The first-order valence-electron chi connectivity index (χ1n) is 5.01. The van der Waals surface area contributed by atoms with E-state index in [1.54, 1.807) is 13.8 Å². The second kappa shape index (κ2) is 5.13. The molecule has 0 unspecified atom stereocenters. The second-order valence-corrected chi connectivity index (χ2v) is 5.76. The highest BCUT2D eigenvalue weighted by Gasteiger charge is 2.14. The number of sulfonamides is 1. The predicted octanol–water partition coefficient (Wildman–Crippen LogP) is 1.18. The number of aromatic nitrogens is 1. The van der Waals surface area contributed by atoms with Gasteiger partial charge in [-0.1, -0.05) is 19.9 Å². The molecule has 0 aromatic carbocycles. The van der Waals surface area contributed by atoms with Crippen molar-refractivity contribution in [2.45, 2.75) is 13.8 Å². The van der Waals surface area contributed by atoms with Crippen LogP contribution in [-0.4, -0.2) is 30.2 Å². The molecule has 0 fully saturated rings. The number of carboxylic acid groups (broad SMARTS) is 1. The molecular weight excluding hydrogens is 244 g/mol. The standard InChI is InChI=1S/C10H14N2O4S/c1-7(2)6-17(15,16)12-9-5-3-4-8(11-9)10(13)14/h3-5,7H,6H2,1-2H3,(H,11,12)(H,13,14). The Morgan fingerprint density at radius 2 is 2.12 bits per heavy atom. The van der Waals surface area contributed by atoms with Gasteiger partial charge in [0.1, 0.15) is 5.82 Å². The smallest absolute Gasteiger partial charge is 0.354 e. The van der Waals surface area contributed by atoms with E-state index in [2.05, 4.69) is 9.71 Å². The van der Waals surface area contributed by atoms with Crippen LogP contribution in [0.2, 0.25) is 0 Å². The normalized spacial score (nSPS) is 11.5. The van der Waals surface area contributed by atoms with Gasteiger partial charge in [-0.25, -0.2) is 18.2 Å². The first kappa shape index (κ1) is 13.4. The molecule has 2 N–H and O–H groups in total. The zero-order valence-electron chi connectivity index (χ0n) is 9.54. The second-order valence-electron chi connectivity index (χ2n) is 3.99. The number of pyridine rings is 1. The van der Waals surface area contributed by atoms with Gasteiger partial charge in [0.2, 0.25) is 10.0 Å². The first-order chi connectivity index (χ1) is 7.80. The van der Waals surface area contributed by atoms with Crippen LogP contribution in [0.1, 0.15) is 24.3 Å². The van der Waals surface area contributed by atoms with Gasteiger partial charge >= 0.3 is 5.97 Å². The van der Waals surface area contributed by atoms with Crippen LogP contribution in [-0.2, 0) is 10.0 Å². The largest absolute Gasteiger partial charge is 0.477 e. The summed E-state index contributed by atoms with van der Waals surface area (Å²) in [5.41, 5.74) is -0.199. The zero-order chi connectivity index (χ0) is 13.1.